The molecule has 12 heteroatoms. The first-order valence-electron chi connectivity index (χ1n) is 12.4. The molecule has 1 saturated heterocycles. The van der Waals surface area contributed by atoms with Crippen molar-refractivity contribution >= 4 is 23.6 Å². The van der Waals surface area contributed by atoms with Gasteiger partial charge in [0.05, 0.1) is 19.8 Å². The summed E-state index contributed by atoms with van der Waals surface area (Å²) in [5.41, 5.74) is 0.999. The van der Waals surface area contributed by atoms with Gasteiger partial charge in [-0.1, -0.05) is 24.3 Å². The molecule has 2 aliphatic heterocycles. The molecule has 2 aromatic carbocycles. The Hall–Kier alpha value is -3.90. The monoisotopic (exact) mass is 545 g/mol. The maximum absolute atomic E-state index is 14.9. The highest BCUT2D eigenvalue weighted by molar-refractivity contribution is 6.05. The minimum absolute atomic E-state index is 0.139. The summed E-state index contributed by atoms with van der Waals surface area (Å²) in [6.07, 6.45) is 0.372. The van der Waals surface area contributed by atoms with Crippen LogP contribution in [-0.4, -0.2) is 68.1 Å². The molecule has 39 heavy (non-hydrogen) atoms. The molecule has 0 aromatic heterocycles. The molecule has 0 radical (unpaired) electrons. The van der Waals surface area contributed by atoms with E-state index in [9.17, 15) is 28.0 Å². The molecule has 4 amide bonds. The lowest BCUT2D eigenvalue weighted by Crippen LogP contribution is -2.52. The summed E-state index contributed by atoms with van der Waals surface area (Å²) in [4.78, 5) is 50.3. The summed E-state index contributed by atoms with van der Waals surface area (Å²) in [7, 11) is 1.55. The maximum Gasteiger partial charge on any atom is 0.349 e. The number of imide groups is 1. The number of amides is 4. The average molecular weight is 546 g/mol. The molecule has 1 unspecified atom stereocenters. The van der Waals surface area contributed by atoms with Crippen molar-refractivity contribution in [3.8, 4) is 5.75 Å². The minimum atomic E-state index is -3.82. The first kappa shape index (κ1) is 28.1. The first-order chi connectivity index (χ1) is 18.7. The lowest BCUT2D eigenvalue weighted by molar-refractivity contribution is -0.147. The zero-order chi connectivity index (χ0) is 28.0. The molecule has 4 rings (SSSR count). The zero-order valence-corrected chi connectivity index (χ0v) is 21.3. The van der Waals surface area contributed by atoms with Gasteiger partial charge in [0.25, 0.3) is 11.8 Å². The van der Waals surface area contributed by atoms with Gasteiger partial charge in [-0.3, -0.25) is 24.5 Å². The molecule has 208 valence electrons. The minimum Gasteiger partial charge on any atom is -0.491 e. The Bertz CT molecular complexity index is 1250. The van der Waals surface area contributed by atoms with Crippen molar-refractivity contribution in [1.82, 2.24) is 15.5 Å². The highest BCUT2D eigenvalue weighted by Crippen LogP contribution is 2.31. The van der Waals surface area contributed by atoms with Gasteiger partial charge < -0.3 is 24.4 Å². The van der Waals surface area contributed by atoms with E-state index in [0.717, 1.165) is 12.1 Å². The molecule has 2 heterocycles. The van der Waals surface area contributed by atoms with Gasteiger partial charge in [-0.25, -0.2) is 0 Å². The van der Waals surface area contributed by atoms with Crippen LogP contribution in [0.3, 0.4) is 0 Å². The molecule has 1 fully saturated rings. The number of halogens is 2. The van der Waals surface area contributed by atoms with Gasteiger partial charge >= 0.3 is 5.92 Å². The number of fused-ring (bicyclic) bond motifs is 1. The second-order valence-corrected chi connectivity index (χ2v) is 9.13. The Kier molecular flexibility index (Phi) is 8.87. The van der Waals surface area contributed by atoms with Crippen LogP contribution in [0.2, 0.25) is 0 Å². The van der Waals surface area contributed by atoms with E-state index in [1.54, 1.807) is 25.3 Å². The number of nitrogens with one attached hydrogen (secondary N) is 2. The molecule has 2 aromatic rings. The third kappa shape index (κ3) is 6.58. The zero-order valence-electron chi connectivity index (χ0n) is 21.3. The van der Waals surface area contributed by atoms with Crippen LogP contribution in [0.1, 0.15) is 39.9 Å². The van der Waals surface area contributed by atoms with Crippen LogP contribution in [-0.2, 0) is 42.9 Å². The van der Waals surface area contributed by atoms with Crippen molar-refractivity contribution in [2.24, 2.45) is 0 Å². The summed E-state index contributed by atoms with van der Waals surface area (Å²) in [6.45, 7) is 1.17. The van der Waals surface area contributed by atoms with Crippen LogP contribution in [0.4, 0.5) is 8.78 Å². The van der Waals surface area contributed by atoms with E-state index < -0.39 is 29.3 Å². The summed E-state index contributed by atoms with van der Waals surface area (Å²) in [5.74, 6) is -6.36. The van der Waals surface area contributed by atoms with Gasteiger partial charge in [0.2, 0.25) is 11.8 Å². The molecule has 10 nitrogen and oxygen atoms in total. The Morgan fingerprint density at radius 1 is 1.10 bits per heavy atom. The number of carbonyl (C=O) groups excluding carboxylic acids is 4. The number of rotatable bonds is 12. The van der Waals surface area contributed by atoms with Crippen LogP contribution in [0.5, 0.6) is 5.75 Å². The number of hydrogen-bond donors (Lipinski definition) is 2. The van der Waals surface area contributed by atoms with E-state index >= 15 is 0 Å². The Morgan fingerprint density at radius 2 is 1.90 bits per heavy atom. The fourth-order valence-electron chi connectivity index (χ4n) is 4.41. The predicted octanol–water partition coefficient (Wildman–Crippen LogP) is 1.90. The fourth-order valence-corrected chi connectivity index (χ4v) is 4.41. The summed E-state index contributed by atoms with van der Waals surface area (Å²) in [5, 5.41) is 4.50. The lowest BCUT2D eigenvalue weighted by atomic mass is 10.0. The van der Waals surface area contributed by atoms with Crippen LogP contribution in [0.15, 0.2) is 42.5 Å². The summed E-state index contributed by atoms with van der Waals surface area (Å²) < 4.78 is 45.4. The standard InChI is InChI=1S/C27H29F2N3O7/c1-37-9-10-38-11-12-39-20-4-2-3-19(14-20)27(28,29)26(36)30-15-17-5-6-21-18(13-17)16-32(25(21)35)22-7-8-23(33)31-24(22)34/h2-6,13-14,22H,7-12,15-16H2,1H3,(H,30,36)(H,31,33,34). The lowest BCUT2D eigenvalue weighted by Gasteiger charge is -2.29. The molecule has 0 saturated carbocycles. The predicted molar refractivity (Wildman–Crippen MR) is 133 cm³/mol. The van der Waals surface area contributed by atoms with Crippen molar-refractivity contribution in [2.45, 2.75) is 37.9 Å². The number of hydrogen-bond acceptors (Lipinski definition) is 7. The van der Waals surface area contributed by atoms with Crippen LogP contribution in [0.25, 0.3) is 0 Å². The number of nitrogens with zero attached hydrogens (tertiary/aromatic N) is 1. The van der Waals surface area contributed by atoms with Gasteiger partial charge in [0.1, 0.15) is 18.4 Å². The third-order valence-corrected chi connectivity index (χ3v) is 6.45. The maximum atomic E-state index is 14.9. The number of benzene rings is 2. The van der Waals surface area contributed by atoms with Crippen LogP contribution >= 0.6 is 0 Å². The van der Waals surface area contributed by atoms with Gasteiger partial charge in [-0.05, 0) is 35.7 Å². The topological polar surface area (TPSA) is 123 Å². The average Bonchev–Trinajstić information content (AvgIpc) is 3.24. The van der Waals surface area contributed by atoms with Crippen molar-refractivity contribution in [1.29, 1.82) is 0 Å². The van der Waals surface area contributed by atoms with E-state index in [1.165, 1.54) is 17.0 Å². The number of piperidine rings is 1. The molecule has 0 bridgehead atoms. The number of methoxy groups -OCH3 is 1. The normalized spacial score (nSPS) is 17.2. The van der Waals surface area contributed by atoms with Crippen LogP contribution < -0.4 is 15.4 Å². The molecule has 2 N–H and O–H groups in total. The van der Waals surface area contributed by atoms with Crippen LogP contribution in [0, 0.1) is 0 Å². The first-order valence-corrected chi connectivity index (χ1v) is 12.4. The van der Waals surface area contributed by atoms with Crippen molar-refractivity contribution in [2.75, 3.05) is 33.5 Å². The summed E-state index contributed by atoms with van der Waals surface area (Å²) >= 11 is 0. The second kappa shape index (κ2) is 12.3. The highest BCUT2D eigenvalue weighted by atomic mass is 19.3. The molecule has 2 aliphatic rings. The van der Waals surface area contributed by atoms with E-state index in [0.29, 0.717) is 29.9 Å². The summed E-state index contributed by atoms with van der Waals surface area (Å²) in [6, 6.07) is 9.13. The van der Waals surface area contributed by atoms with Gasteiger partial charge in [0.15, 0.2) is 0 Å². The second-order valence-electron chi connectivity index (χ2n) is 9.13. The van der Waals surface area contributed by atoms with Gasteiger partial charge in [-0.2, -0.15) is 8.78 Å². The third-order valence-electron chi connectivity index (χ3n) is 6.45. The Labute approximate surface area is 223 Å². The SMILES string of the molecule is COCCOCCOc1cccc(C(F)(F)C(=O)NCc2ccc3c(c2)CN(C2CCC(=O)NC2=O)C3=O)c1. The molecule has 1 atom stereocenters. The molecular formula is C27H29F2N3O7. The Morgan fingerprint density at radius 3 is 2.67 bits per heavy atom. The number of ether oxygens (including phenoxy) is 3. The molecule has 0 spiro atoms. The Balaban J connectivity index is 1.33. The van der Waals surface area contributed by atoms with E-state index in [1.807, 2.05) is 0 Å². The number of alkyl halides is 2. The van der Waals surface area contributed by atoms with Gasteiger partial charge in [-0.15, -0.1) is 0 Å². The largest absolute Gasteiger partial charge is 0.491 e. The number of carbonyl (C=O) groups is 4. The van der Waals surface area contributed by atoms with Crippen molar-refractivity contribution < 1.29 is 42.2 Å². The van der Waals surface area contributed by atoms with Gasteiger partial charge in [0, 0.05) is 37.7 Å². The smallest absolute Gasteiger partial charge is 0.349 e. The quantitative estimate of drug-likeness (QED) is 0.309. The van der Waals surface area contributed by atoms with Crippen molar-refractivity contribution in [3.05, 3.63) is 64.7 Å². The van der Waals surface area contributed by atoms with Crippen molar-refractivity contribution in [3.63, 3.8) is 0 Å². The van der Waals surface area contributed by atoms with E-state index in [4.69, 9.17) is 14.2 Å². The van der Waals surface area contributed by atoms with E-state index in [2.05, 4.69) is 10.6 Å². The molecule has 0 aliphatic carbocycles. The van der Waals surface area contributed by atoms with E-state index in [-0.39, 0.29) is 56.7 Å². The highest BCUT2D eigenvalue weighted by Gasteiger charge is 2.41. The molecular weight excluding hydrogens is 516 g/mol. The fraction of sp³-hybridized carbons (Fsp3) is 0.407.